The lowest BCUT2D eigenvalue weighted by Gasteiger charge is -2.43. The minimum absolute atomic E-state index is 0.0734. The molecule has 3 fully saturated rings. The zero-order valence-electron chi connectivity index (χ0n) is 14.3. The molecule has 3 aliphatic rings. The van der Waals surface area contributed by atoms with Crippen molar-refractivity contribution in [1.82, 2.24) is 4.90 Å². The van der Waals surface area contributed by atoms with E-state index in [-0.39, 0.29) is 11.9 Å². The highest BCUT2D eigenvalue weighted by Gasteiger charge is 2.44. The Morgan fingerprint density at radius 2 is 1.68 bits per heavy atom. The lowest BCUT2D eigenvalue weighted by molar-refractivity contribution is -0.150. The highest BCUT2D eigenvalue weighted by Crippen LogP contribution is 2.44. The molecule has 3 rings (SSSR count). The number of carbonyl (C=O) groups excluding carboxylic acids is 1. The van der Waals surface area contributed by atoms with Crippen LogP contribution in [-0.2, 0) is 9.53 Å². The molecule has 1 unspecified atom stereocenters. The average Bonchev–Trinajstić information content (AvgIpc) is 2.85. The first-order valence-corrected chi connectivity index (χ1v) is 9.65. The van der Waals surface area contributed by atoms with Crippen LogP contribution in [0.2, 0.25) is 0 Å². The maximum absolute atomic E-state index is 12.2. The molecule has 1 atom stereocenters. The van der Waals surface area contributed by atoms with E-state index >= 15 is 0 Å². The highest BCUT2D eigenvalue weighted by atomic mass is 16.5. The van der Waals surface area contributed by atoms with Crippen LogP contribution in [0.1, 0.15) is 84.0 Å². The molecule has 1 aliphatic heterocycles. The second-order valence-electron chi connectivity index (χ2n) is 7.87. The molecule has 126 valence electrons. The predicted octanol–water partition coefficient (Wildman–Crippen LogP) is 4.30. The van der Waals surface area contributed by atoms with Gasteiger partial charge < -0.3 is 4.74 Å². The number of rotatable bonds is 4. The van der Waals surface area contributed by atoms with Gasteiger partial charge in [0, 0.05) is 18.1 Å². The lowest BCUT2D eigenvalue weighted by atomic mass is 9.80. The van der Waals surface area contributed by atoms with Crippen LogP contribution in [0.3, 0.4) is 0 Å². The molecule has 0 N–H and O–H groups in total. The zero-order chi connectivity index (χ0) is 15.4. The second kappa shape index (κ2) is 7.33. The molecule has 0 aromatic rings. The minimum atomic E-state index is 0.0734. The van der Waals surface area contributed by atoms with Gasteiger partial charge in [0.2, 0.25) is 0 Å². The summed E-state index contributed by atoms with van der Waals surface area (Å²) in [5.41, 5.74) is 0.439. The third-order valence-corrected chi connectivity index (χ3v) is 6.47. The first-order chi connectivity index (χ1) is 10.7. The molecule has 3 nitrogen and oxygen atoms in total. The number of ether oxygens (including phenoxy) is 1. The molecule has 0 bridgehead atoms. The van der Waals surface area contributed by atoms with Crippen LogP contribution in [0.5, 0.6) is 0 Å². The van der Waals surface area contributed by atoms with Crippen LogP contribution >= 0.6 is 0 Å². The Morgan fingerprint density at radius 3 is 2.41 bits per heavy atom. The molecule has 0 radical (unpaired) electrons. The summed E-state index contributed by atoms with van der Waals surface area (Å²) >= 11 is 0. The van der Waals surface area contributed by atoms with E-state index in [0.29, 0.717) is 18.2 Å². The van der Waals surface area contributed by atoms with Gasteiger partial charge in [-0.05, 0) is 45.4 Å². The topological polar surface area (TPSA) is 29.5 Å². The molecule has 0 amide bonds. The summed E-state index contributed by atoms with van der Waals surface area (Å²) in [6.07, 6.45) is 15.3. The minimum Gasteiger partial charge on any atom is -0.464 e. The van der Waals surface area contributed by atoms with Gasteiger partial charge in [0.1, 0.15) is 6.61 Å². The number of esters is 1. The Morgan fingerprint density at radius 1 is 1.00 bits per heavy atom. The van der Waals surface area contributed by atoms with Gasteiger partial charge >= 0.3 is 5.97 Å². The summed E-state index contributed by atoms with van der Waals surface area (Å²) in [5, 5.41) is 0. The number of nitrogens with zero attached hydrogens (tertiary/aromatic N) is 1. The van der Waals surface area contributed by atoms with E-state index < -0.39 is 0 Å². The van der Waals surface area contributed by atoms with E-state index in [0.717, 1.165) is 19.4 Å². The van der Waals surface area contributed by atoms with Crippen molar-refractivity contribution >= 4 is 5.97 Å². The van der Waals surface area contributed by atoms with Gasteiger partial charge in [-0.25, -0.2) is 0 Å². The van der Waals surface area contributed by atoms with E-state index in [9.17, 15) is 4.79 Å². The largest absolute Gasteiger partial charge is 0.464 e. The smallest absolute Gasteiger partial charge is 0.308 e. The SMILES string of the molecule is CC1CCC2(CCCCC2)N1CCOC(=O)C1CCCCC1. The van der Waals surface area contributed by atoms with Crippen LogP contribution in [0.25, 0.3) is 0 Å². The standard InChI is InChI=1S/C19H33NO2/c1-16-10-13-19(11-6-3-7-12-19)20(16)14-15-22-18(21)17-8-4-2-5-9-17/h16-17H,2-15H2,1H3. The van der Waals surface area contributed by atoms with Gasteiger partial charge in [-0.15, -0.1) is 0 Å². The third-order valence-electron chi connectivity index (χ3n) is 6.47. The van der Waals surface area contributed by atoms with Gasteiger partial charge in [0.25, 0.3) is 0 Å². The number of likely N-dealkylation sites (tertiary alicyclic amines) is 1. The van der Waals surface area contributed by atoms with Crippen LogP contribution in [0.4, 0.5) is 0 Å². The van der Waals surface area contributed by atoms with Crippen molar-refractivity contribution in [1.29, 1.82) is 0 Å². The normalized spacial score (nSPS) is 29.8. The van der Waals surface area contributed by atoms with E-state index in [1.165, 1.54) is 64.2 Å². The summed E-state index contributed by atoms with van der Waals surface area (Å²) < 4.78 is 5.65. The average molecular weight is 307 g/mol. The Hall–Kier alpha value is -0.570. The first kappa shape index (κ1) is 16.3. The predicted molar refractivity (Wildman–Crippen MR) is 88.8 cm³/mol. The number of carbonyl (C=O) groups is 1. The van der Waals surface area contributed by atoms with Crippen LogP contribution in [0, 0.1) is 5.92 Å². The maximum Gasteiger partial charge on any atom is 0.308 e. The van der Waals surface area contributed by atoms with Gasteiger partial charge in [0.15, 0.2) is 0 Å². The van der Waals surface area contributed by atoms with Crippen molar-refractivity contribution in [3.8, 4) is 0 Å². The number of hydrogen-bond donors (Lipinski definition) is 0. The fourth-order valence-electron chi connectivity index (χ4n) is 5.15. The Balaban J connectivity index is 1.48. The van der Waals surface area contributed by atoms with E-state index in [1.54, 1.807) is 0 Å². The van der Waals surface area contributed by atoms with Crippen LogP contribution in [-0.4, -0.2) is 35.6 Å². The van der Waals surface area contributed by atoms with E-state index in [2.05, 4.69) is 11.8 Å². The summed E-state index contributed by atoms with van der Waals surface area (Å²) in [6.45, 7) is 3.90. The number of hydrogen-bond acceptors (Lipinski definition) is 3. The molecule has 0 aromatic heterocycles. The fourth-order valence-corrected chi connectivity index (χ4v) is 5.15. The van der Waals surface area contributed by atoms with E-state index in [4.69, 9.17) is 4.74 Å². The van der Waals surface area contributed by atoms with Crippen molar-refractivity contribution in [2.75, 3.05) is 13.2 Å². The Bertz CT molecular complexity index is 364. The van der Waals surface area contributed by atoms with Crippen molar-refractivity contribution < 1.29 is 9.53 Å². The van der Waals surface area contributed by atoms with Crippen molar-refractivity contribution in [2.24, 2.45) is 5.92 Å². The molecular formula is C19H33NO2. The molecule has 2 saturated carbocycles. The van der Waals surface area contributed by atoms with Gasteiger partial charge in [-0.1, -0.05) is 38.5 Å². The quantitative estimate of drug-likeness (QED) is 0.725. The molecular weight excluding hydrogens is 274 g/mol. The molecule has 3 heteroatoms. The summed E-state index contributed by atoms with van der Waals surface area (Å²) in [7, 11) is 0. The highest BCUT2D eigenvalue weighted by molar-refractivity contribution is 5.72. The molecule has 1 heterocycles. The molecule has 1 saturated heterocycles. The molecule has 1 spiro atoms. The maximum atomic E-state index is 12.2. The van der Waals surface area contributed by atoms with Crippen molar-refractivity contribution in [2.45, 2.75) is 95.6 Å². The molecule has 2 aliphatic carbocycles. The molecule has 22 heavy (non-hydrogen) atoms. The van der Waals surface area contributed by atoms with Crippen LogP contribution in [0.15, 0.2) is 0 Å². The van der Waals surface area contributed by atoms with Gasteiger partial charge in [-0.2, -0.15) is 0 Å². The van der Waals surface area contributed by atoms with Crippen LogP contribution < -0.4 is 0 Å². The summed E-state index contributed by atoms with van der Waals surface area (Å²) in [6, 6.07) is 0.659. The van der Waals surface area contributed by atoms with E-state index in [1.807, 2.05) is 0 Å². The summed E-state index contributed by atoms with van der Waals surface area (Å²) in [5.74, 6) is 0.262. The van der Waals surface area contributed by atoms with Crippen molar-refractivity contribution in [3.05, 3.63) is 0 Å². The third kappa shape index (κ3) is 3.50. The molecule has 0 aromatic carbocycles. The van der Waals surface area contributed by atoms with Crippen molar-refractivity contribution in [3.63, 3.8) is 0 Å². The van der Waals surface area contributed by atoms with Gasteiger partial charge in [-0.3, -0.25) is 9.69 Å². The van der Waals surface area contributed by atoms with Gasteiger partial charge in [0.05, 0.1) is 5.92 Å². The first-order valence-electron chi connectivity index (χ1n) is 9.65. The lowest BCUT2D eigenvalue weighted by Crippen LogP contribution is -2.49. The fraction of sp³-hybridized carbons (Fsp3) is 0.947. The Kier molecular flexibility index (Phi) is 5.43. The zero-order valence-corrected chi connectivity index (χ0v) is 14.3. The second-order valence-corrected chi connectivity index (χ2v) is 7.87. The Labute approximate surface area is 135 Å². The summed E-state index contributed by atoms with van der Waals surface area (Å²) in [4.78, 5) is 14.9. The monoisotopic (exact) mass is 307 g/mol.